The van der Waals surface area contributed by atoms with Crippen molar-refractivity contribution in [3.8, 4) is 0 Å². The van der Waals surface area contributed by atoms with Gasteiger partial charge in [0.2, 0.25) is 0 Å². The summed E-state index contributed by atoms with van der Waals surface area (Å²) in [5, 5.41) is 0. The minimum Gasteiger partial charge on any atom is -0.370 e. The van der Waals surface area contributed by atoms with E-state index in [0.29, 0.717) is 16.6 Å². The van der Waals surface area contributed by atoms with E-state index in [-0.39, 0.29) is 23.6 Å². The van der Waals surface area contributed by atoms with E-state index in [1.54, 1.807) is 0 Å². The second kappa shape index (κ2) is 4.63. The van der Waals surface area contributed by atoms with E-state index >= 15 is 0 Å². The molecule has 0 spiro atoms. The van der Waals surface area contributed by atoms with Gasteiger partial charge in [0.05, 0.1) is 4.47 Å². The van der Waals surface area contributed by atoms with E-state index in [2.05, 4.69) is 15.9 Å². The molecule has 1 aromatic carbocycles. The van der Waals surface area contributed by atoms with Crippen molar-refractivity contribution in [1.29, 1.82) is 0 Å². The van der Waals surface area contributed by atoms with Crippen LogP contribution in [0.15, 0.2) is 22.7 Å². The molecule has 0 amide bonds. The second-order valence-electron chi connectivity index (χ2n) is 4.05. The summed E-state index contributed by atoms with van der Waals surface area (Å²) >= 11 is 3.07. The molecule has 16 heavy (non-hydrogen) atoms. The number of benzene rings is 1. The normalized spacial score (nSPS) is 24.7. The summed E-state index contributed by atoms with van der Waals surface area (Å²) in [4.78, 5) is 12.1. The first-order valence-electron chi connectivity index (χ1n) is 5.20. The number of ketones is 1. The van der Waals surface area contributed by atoms with Crippen LogP contribution in [-0.4, -0.2) is 18.5 Å². The lowest BCUT2D eigenvalue weighted by Gasteiger charge is -2.13. The van der Waals surface area contributed by atoms with Crippen molar-refractivity contribution in [1.82, 2.24) is 0 Å². The molecule has 2 unspecified atom stereocenters. The van der Waals surface area contributed by atoms with Gasteiger partial charge < -0.3 is 4.74 Å². The largest absolute Gasteiger partial charge is 0.370 e. The molecule has 2 atom stereocenters. The lowest BCUT2D eigenvalue weighted by atomic mass is 9.96. The van der Waals surface area contributed by atoms with E-state index in [9.17, 15) is 9.18 Å². The van der Waals surface area contributed by atoms with Crippen molar-refractivity contribution in [2.75, 3.05) is 6.61 Å². The number of carbonyl (C=O) groups excluding carboxylic acids is 1. The summed E-state index contributed by atoms with van der Waals surface area (Å²) in [6.07, 6.45) is 0.524. The Balaban J connectivity index is 2.23. The molecule has 1 aromatic rings. The zero-order valence-electron chi connectivity index (χ0n) is 8.87. The van der Waals surface area contributed by atoms with Gasteiger partial charge in [0.25, 0.3) is 0 Å². The average molecular weight is 287 g/mol. The number of carbonyl (C=O) groups is 1. The van der Waals surface area contributed by atoms with Crippen molar-refractivity contribution in [3.63, 3.8) is 0 Å². The minimum atomic E-state index is -0.377. The second-order valence-corrected chi connectivity index (χ2v) is 4.90. The Morgan fingerprint density at radius 2 is 2.31 bits per heavy atom. The highest BCUT2D eigenvalue weighted by atomic mass is 79.9. The maximum absolute atomic E-state index is 13.0. The first-order valence-corrected chi connectivity index (χ1v) is 6.00. The van der Waals surface area contributed by atoms with E-state index < -0.39 is 0 Å². The maximum Gasteiger partial charge on any atom is 0.191 e. The SMILES string of the molecule is CC1CCOC1C(=O)c1ccc(F)c(Br)c1. The van der Waals surface area contributed by atoms with Gasteiger partial charge >= 0.3 is 0 Å². The maximum atomic E-state index is 13.0. The third-order valence-corrected chi connectivity index (χ3v) is 3.46. The van der Waals surface area contributed by atoms with E-state index in [1.165, 1.54) is 18.2 Å². The lowest BCUT2D eigenvalue weighted by molar-refractivity contribution is 0.0579. The highest BCUT2D eigenvalue weighted by molar-refractivity contribution is 9.10. The Labute approximate surface area is 102 Å². The van der Waals surface area contributed by atoms with Crippen LogP contribution in [0.25, 0.3) is 0 Å². The van der Waals surface area contributed by atoms with Crippen molar-refractivity contribution < 1.29 is 13.9 Å². The Kier molecular flexibility index (Phi) is 3.40. The van der Waals surface area contributed by atoms with Gasteiger partial charge in [-0.25, -0.2) is 4.39 Å². The van der Waals surface area contributed by atoms with Crippen LogP contribution < -0.4 is 0 Å². The number of rotatable bonds is 2. The molecule has 0 aromatic heterocycles. The van der Waals surface area contributed by atoms with E-state index in [4.69, 9.17) is 4.74 Å². The van der Waals surface area contributed by atoms with Gasteiger partial charge in [-0.05, 0) is 46.5 Å². The molecule has 0 N–H and O–H groups in total. The fourth-order valence-electron chi connectivity index (χ4n) is 1.84. The molecule has 86 valence electrons. The van der Waals surface area contributed by atoms with Crippen molar-refractivity contribution in [2.45, 2.75) is 19.4 Å². The topological polar surface area (TPSA) is 26.3 Å². The number of ether oxygens (including phenoxy) is 1. The van der Waals surface area contributed by atoms with Crippen LogP contribution in [0.1, 0.15) is 23.7 Å². The fourth-order valence-corrected chi connectivity index (χ4v) is 2.22. The number of Topliss-reactive ketones (excluding diaryl/α,β-unsaturated/α-hetero) is 1. The Bertz CT molecular complexity index is 419. The van der Waals surface area contributed by atoms with Crippen molar-refractivity contribution in [3.05, 3.63) is 34.1 Å². The van der Waals surface area contributed by atoms with Crippen LogP contribution in [0.5, 0.6) is 0 Å². The molecule has 2 rings (SSSR count). The van der Waals surface area contributed by atoms with Gasteiger partial charge in [-0.15, -0.1) is 0 Å². The standard InChI is InChI=1S/C12H12BrFO2/c1-7-4-5-16-12(7)11(15)8-2-3-10(14)9(13)6-8/h2-3,6-7,12H,4-5H2,1H3. The van der Waals surface area contributed by atoms with E-state index in [1.807, 2.05) is 6.92 Å². The predicted octanol–water partition coefficient (Wildman–Crippen LogP) is 3.20. The first-order chi connectivity index (χ1) is 7.59. The summed E-state index contributed by atoms with van der Waals surface area (Å²) in [6.45, 7) is 2.62. The summed E-state index contributed by atoms with van der Waals surface area (Å²) in [7, 11) is 0. The molecular weight excluding hydrogens is 275 g/mol. The zero-order valence-corrected chi connectivity index (χ0v) is 10.5. The third-order valence-electron chi connectivity index (χ3n) is 2.85. The number of halogens is 2. The molecule has 1 saturated heterocycles. The summed E-state index contributed by atoms with van der Waals surface area (Å²) in [6, 6.07) is 4.29. The Morgan fingerprint density at radius 1 is 1.56 bits per heavy atom. The Hall–Kier alpha value is -0.740. The Morgan fingerprint density at radius 3 is 2.88 bits per heavy atom. The molecule has 1 fully saturated rings. The summed E-state index contributed by atoms with van der Waals surface area (Å²) in [5.41, 5.74) is 0.493. The molecule has 1 aliphatic heterocycles. The van der Waals surface area contributed by atoms with Crippen molar-refractivity contribution in [2.24, 2.45) is 5.92 Å². The molecule has 2 nitrogen and oxygen atoms in total. The van der Waals surface area contributed by atoms with Crippen LogP contribution in [0.4, 0.5) is 4.39 Å². The monoisotopic (exact) mass is 286 g/mol. The zero-order chi connectivity index (χ0) is 11.7. The fraction of sp³-hybridized carbons (Fsp3) is 0.417. The lowest BCUT2D eigenvalue weighted by Crippen LogP contribution is -2.25. The predicted molar refractivity (Wildman–Crippen MR) is 62.0 cm³/mol. The van der Waals surface area contributed by atoms with Gasteiger partial charge in [-0.3, -0.25) is 4.79 Å². The van der Waals surface area contributed by atoms with Crippen molar-refractivity contribution >= 4 is 21.7 Å². The highest BCUT2D eigenvalue weighted by Gasteiger charge is 2.31. The minimum absolute atomic E-state index is 0.0642. The van der Waals surface area contributed by atoms with Crippen LogP contribution in [0.2, 0.25) is 0 Å². The van der Waals surface area contributed by atoms with Gasteiger partial charge in [0.1, 0.15) is 11.9 Å². The molecule has 0 saturated carbocycles. The van der Waals surface area contributed by atoms with Gasteiger partial charge in [-0.2, -0.15) is 0 Å². The summed E-state index contributed by atoms with van der Waals surface area (Å²) in [5.74, 6) is -0.195. The van der Waals surface area contributed by atoms with E-state index in [0.717, 1.165) is 6.42 Å². The number of hydrogen-bond donors (Lipinski definition) is 0. The average Bonchev–Trinajstić information content (AvgIpc) is 2.67. The van der Waals surface area contributed by atoms with Crippen LogP contribution in [0, 0.1) is 11.7 Å². The summed E-state index contributed by atoms with van der Waals surface area (Å²) < 4.78 is 18.7. The highest BCUT2D eigenvalue weighted by Crippen LogP contribution is 2.25. The molecule has 1 aliphatic rings. The number of hydrogen-bond acceptors (Lipinski definition) is 2. The molecule has 0 radical (unpaired) electrons. The molecule has 0 bridgehead atoms. The molecular formula is C12H12BrFO2. The molecule has 4 heteroatoms. The van der Waals surface area contributed by atoms with Gasteiger partial charge in [0.15, 0.2) is 5.78 Å². The first kappa shape index (κ1) is 11.7. The van der Waals surface area contributed by atoms with Crippen LogP contribution >= 0.6 is 15.9 Å². The third kappa shape index (κ3) is 2.18. The molecule has 0 aliphatic carbocycles. The van der Waals surface area contributed by atoms with Gasteiger partial charge in [-0.1, -0.05) is 6.92 Å². The smallest absolute Gasteiger partial charge is 0.191 e. The van der Waals surface area contributed by atoms with Crippen LogP contribution in [-0.2, 0) is 4.74 Å². The van der Waals surface area contributed by atoms with Gasteiger partial charge in [0, 0.05) is 12.2 Å². The quantitative estimate of drug-likeness (QED) is 0.781. The molecule has 1 heterocycles. The van der Waals surface area contributed by atoms with Crippen LogP contribution in [0.3, 0.4) is 0 Å².